The number of nitrogens with zero attached hydrogens (tertiary/aromatic N) is 2. The molecule has 4 saturated carbocycles. The fourth-order valence-corrected chi connectivity index (χ4v) is 7.48. The normalized spacial score (nSPS) is 43.9. The molecule has 160 valence electrons. The van der Waals surface area contributed by atoms with Crippen molar-refractivity contribution in [2.24, 2.45) is 56.2 Å². The Labute approximate surface area is 184 Å². The van der Waals surface area contributed by atoms with Gasteiger partial charge in [0, 0.05) is 16.8 Å². The van der Waals surface area contributed by atoms with E-state index in [0.29, 0.717) is 5.41 Å². The molecule has 29 heavy (non-hydrogen) atoms. The highest BCUT2D eigenvalue weighted by atomic mass is 32.1. The van der Waals surface area contributed by atoms with E-state index in [0.717, 1.165) is 42.9 Å². The van der Waals surface area contributed by atoms with Crippen molar-refractivity contribution in [3.63, 3.8) is 0 Å². The number of hydrogen-bond acceptors (Lipinski definition) is 4. The van der Waals surface area contributed by atoms with Crippen LogP contribution >= 0.6 is 24.4 Å². The summed E-state index contributed by atoms with van der Waals surface area (Å²) >= 11 is 9.86. The highest BCUT2D eigenvalue weighted by Gasteiger charge is 2.59. The van der Waals surface area contributed by atoms with Crippen molar-refractivity contribution in [1.82, 2.24) is 10.9 Å². The maximum Gasteiger partial charge on any atom is 0.184 e. The quantitative estimate of drug-likeness (QED) is 0.392. The van der Waals surface area contributed by atoms with Gasteiger partial charge in [0.15, 0.2) is 10.2 Å². The molecule has 0 unspecified atom stereocenters. The molecule has 6 nitrogen and oxygen atoms in total. The molecule has 0 heterocycles. The molecule has 0 aromatic rings. The summed E-state index contributed by atoms with van der Waals surface area (Å²) in [6, 6.07) is 0. The lowest BCUT2D eigenvalue weighted by atomic mass is 9.45. The Balaban J connectivity index is 1.51. The molecule has 0 saturated heterocycles. The zero-order chi connectivity index (χ0) is 20.8. The van der Waals surface area contributed by atoms with Gasteiger partial charge >= 0.3 is 0 Å². The SMILES string of the molecule is C[C@]12CCC(=NNC(N)=S)C[C@@H]1CC[C@@H]1[C@H]2CC[C@]2(C)C(=NNC(N)=S)CC[C@@H]12. The molecule has 8 heteroatoms. The van der Waals surface area contributed by atoms with Gasteiger partial charge in [-0.25, -0.2) is 0 Å². The van der Waals surface area contributed by atoms with Crippen LogP contribution in [-0.4, -0.2) is 21.6 Å². The van der Waals surface area contributed by atoms with Gasteiger partial charge in [-0.2, -0.15) is 10.2 Å². The summed E-state index contributed by atoms with van der Waals surface area (Å²) in [7, 11) is 0. The van der Waals surface area contributed by atoms with Crippen LogP contribution in [0.4, 0.5) is 0 Å². The van der Waals surface area contributed by atoms with Gasteiger partial charge in [-0.1, -0.05) is 13.8 Å². The minimum Gasteiger partial charge on any atom is -0.375 e. The topological polar surface area (TPSA) is 101 Å². The van der Waals surface area contributed by atoms with Crippen molar-refractivity contribution in [2.75, 3.05) is 0 Å². The molecule has 0 bridgehead atoms. The van der Waals surface area contributed by atoms with Gasteiger partial charge in [-0.05, 0) is 111 Å². The monoisotopic (exact) mass is 434 g/mol. The van der Waals surface area contributed by atoms with Crippen LogP contribution in [-0.2, 0) is 0 Å². The first-order valence-corrected chi connectivity index (χ1v) is 11.8. The number of nitrogens with one attached hydrogen (secondary N) is 2. The van der Waals surface area contributed by atoms with Gasteiger partial charge < -0.3 is 11.5 Å². The van der Waals surface area contributed by atoms with E-state index >= 15 is 0 Å². The molecule has 0 amide bonds. The molecule has 0 aliphatic heterocycles. The Morgan fingerprint density at radius 1 is 0.931 bits per heavy atom. The van der Waals surface area contributed by atoms with E-state index in [-0.39, 0.29) is 15.6 Å². The third kappa shape index (κ3) is 3.67. The minimum atomic E-state index is 0.199. The van der Waals surface area contributed by atoms with E-state index in [9.17, 15) is 0 Å². The fourth-order valence-electron chi connectivity index (χ4n) is 7.39. The molecule has 0 spiro atoms. The van der Waals surface area contributed by atoms with Crippen molar-refractivity contribution >= 4 is 46.1 Å². The third-order valence-corrected chi connectivity index (χ3v) is 9.05. The van der Waals surface area contributed by atoms with Crippen LogP contribution in [0.5, 0.6) is 0 Å². The highest BCUT2D eigenvalue weighted by molar-refractivity contribution is 7.80. The van der Waals surface area contributed by atoms with Crippen molar-refractivity contribution < 1.29 is 0 Å². The smallest absolute Gasteiger partial charge is 0.184 e. The van der Waals surface area contributed by atoms with Gasteiger partial charge in [-0.15, -0.1) is 0 Å². The Morgan fingerprint density at radius 2 is 1.66 bits per heavy atom. The Bertz CT molecular complexity index is 764. The lowest BCUT2D eigenvalue weighted by Crippen LogP contribution is -2.53. The van der Waals surface area contributed by atoms with E-state index < -0.39 is 0 Å². The largest absolute Gasteiger partial charge is 0.375 e. The van der Waals surface area contributed by atoms with E-state index in [4.69, 9.17) is 35.9 Å². The number of thiocarbonyl (C=S) groups is 2. The summed E-state index contributed by atoms with van der Waals surface area (Å²) in [4.78, 5) is 0. The second-order valence-electron chi connectivity index (χ2n) is 10.0. The molecule has 4 fully saturated rings. The average Bonchev–Trinajstić information content (AvgIpc) is 3.01. The van der Waals surface area contributed by atoms with Crippen LogP contribution in [0.25, 0.3) is 0 Å². The zero-order valence-electron chi connectivity index (χ0n) is 17.5. The first-order chi connectivity index (χ1) is 13.7. The van der Waals surface area contributed by atoms with Crippen LogP contribution in [0.2, 0.25) is 0 Å². The van der Waals surface area contributed by atoms with Crippen molar-refractivity contribution in [1.29, 1.82) is 0 Å². The van der Waals surface area contributed by atoms with Crippen LogP contribution in [0, 0.1) is 34.5 Å². The predicted octanol–water partition coefficient (Wildman–Crippen LogP) is 3.41. The second kappa shape index (κ2) is 7.76. The number of hydrazone groups is 2. The number of hydrogen-bond donors (Lipinski definition) is 4. The summed E-state index contributed by atoms with van der Waals surface area (Å²) in [5.41, 5.74) is 20.0. The second-order valence-corrected chi connectivity index (χ2v) is 10.9. The lowest BCUT2D eigenvalue weighted by molar-refractivity contribution is -0.0815. The first-order valence-electron chi connectivity index (χ1n) is 11.0. The van der Waals surface area contributed by atoms with E-state index in [2.05, 4.69) is 34.9 Å². The minimum absolute atomic E-state index is 0.199. The molecule has 0 radical (unpaired) electrons. The summed E-state index contributed by atoms with van der Waals surface area (Å²) in [5, 5.41) is 9.61. The van der Waals surface area contributed by atoms with Crippen molar-refractivity contribution in [2.45, 2.75) is 71.6 Å². The van der Waals surface area contributed by atoms with E-state index in [1.54, 1.807) is 0 Å². The van der Waals surface area contributed by atoms with Gasteiger partial charge in [0.25, 0.3) is 0 Å². The van der Waals surface area contributed by atoms with Crippen LogP contribution in [0.3, 0.4) is 0 Å². The van der Waals surface area contributed by atoms with Crippen LogP contribution in [0.1, 0.15) is 71.6 Å². The maximum atomic E-state index is 5.61. The number of fused-ring (bicyclic) bond motifs is 5. The summed E-state index contributed by atoms with van der Waals surface area (Å²) in [6.07, 6.45) is 10.8. The standard InChI is InChI=1S/C21H34N6S2/c1-20-9-7-13(24-26-18(22)28)11-12(20)3-4-14-15-5-6-17(25-27-19(23)29)21(15,2)10-8-16(14)20/h12,14-16H,3-11H2,1-2H3,(H3,22,26,28)(H3,23,27,29)/t12-,14-,15-,16+,20-,21-/m0/s1. The fraction of sp³-hybridized carbons (Fsp3) is 0.810. The Kier molecular flexibility index (Phi) is 5.61. The molecule has 6 N–H and O–H groups in total. The summed E-state index contributed by atoms with van der Waals surface area (Å²) < 4.78 is 0. The van der Waals surface area contributed by atoms with Crippen LogP contribution in [0.15, 0.2) is 10.2 Å². The Morgan fingerprint density at radius 3 is 2.38 bits per heavy atom. The van der Waals surface area contributed by atoms with Crippen molar-refractivity contribution in [3.05, 3.63) is 0 Å². The molecular formula is C21H34N6S2. The summed E-state index contributed by atoms with van der Waals surface area (Å²) in [6.45, 7) is 5.00. The van der Waals surface area contributed by atoms with Gasteiger partial charge in [0.05, 0.1) is 0 Å². The average molecular weight is 435 g/mol. The van der Waals surface area contributed by atoms with E-state index in [1.165, 1.54) is 49.9 Å². The number of nitrogens with two attached hydrogens (primary N) is 2. The van der Waals surface area contributed by atoms with Gasteiger partial charge in [0.2, 0.25) is 0 Å². The summed E-state index contributed by atoms with van der Waals surface area (Å²) in [5.74, 6) is 3.07. The molecule has 4 rings (SSSR count). The Hall–Kier alpha value is -1.28. The van der Waals surface area contributed by atoms with E-state index in [1.807, 2.05) is 0 Å². The lowest BCUT2D eigenvalue weighted by Gasteiger charge is -2.59. The maximum absolute atomic E-state index is 5.61. The molecule has 4 aliphatic rings. The molecule has 0 aromatic carbocycles. The zero-order valence-corrected chi connectivity index (χ0v) is 19.2. The third-order valence-electron chi connectivity index (χ3n) is 8.87. The van der Waals surface area contributed by atoms with Gasteiger partial charge in [-0.3, -0.25) is 10.9 Å². The first kappa shape index (κ1) is 21.0. The number of rotatable bonds is 2. The predicted molar refractivity (Wildman–Crippen MR) is 126 cm³/mol. The molecular weight excluding hydrogens is 400 g/mol. The highest BCUT2D eigenvalue weighted by Crippen LogP contribution is 2.65. The van der Waals surface area contributed by atoms with Crippen molar-refractivity contribution in [3.8, 4) is 0 Å². The molecule has 0 aromatic heterocycles. The van der Waals surface area contributed by atoms with Gasteiger partial charge in [0.1, 0.15) is 0 Å². The van der Waals surface area contributed by atoms with Crippen LogP contribution < -0.4 is 22.3 Å². The molecule has 6 atom stereocenters. The molecule has 4 aliphatic carbocycles.